The van der Waals surface area contributed by atoms with E-state index in [2.05, 4.69) is 52.7 Å². The van der Waals surface area contributed by atoms with Crippen LogP contribution in [0.4, 0.5) is 0 Å². The molecule has 0 aliphatic heterocycles. The topological polar surface area (TPSA) is 37.8 Å². The van der Waals surface area contributed by atoms with Crippen LogP contribution in [0.1, 0.15) is 24.2 Å². The van der Waals surface area contributed by atoms with Gasteiger partial charge in [0, 0.05) is 36.1 Å². The fraction of sp³-hybridized carbons (Fsp3) is 0.286. The van der Waals surface area contributed by atoms with Gasteiger partial charge in [-0.1, -0.05) is 12.1 Å². The molecule has 0 spiro atoms. The van der Waals surface area contributed by atoms with Gasteiger partial charge in [-0.15, -0.1) is 11.8 Å². The smallest absolute Gasteiger partial charge is 0.0724 e. The van der Waals surface area contributed by atoms with Crippen LogP contribution in [0, 0.1) is 0 Å². The first-order valence-corrected chi connectivity index (χ1v) is 7.14. The fourth-order valence-electron chi connectivity index (χ4n) is 1.69. The first-order chi connectivity index (χ1) is 8.79. The Balaban J connectivity index is 1.93. The minimum Gasteiger partial charge on any atom is -0.305 e. The van der Waals surface area contributed by atoms with E-state index < -0.39 is 0 Å². The van der Waals surface area contributed by atoms with Crippen molar-refractivity contribution in [1.29, 1.82) is 0 Å². The maximum atomic E-state index is 4.24. The van der Waals surface area contributed by atoms with Crippen molar-refractivity contribution in [2.24, 2.45) is 0 Å². The summed E-state index contributed by atoms with van der Waals surface area (Å²) in [5.74, 6) is 0. The van der Waals surface area contributed by atoms with E-state index in [4.69, 9.17) is 0 Å². The standard InChI is InChI=1S/C14H17N3S/c1-11(12-3-5-14(18-2)6-4-12)17-10-13-9-15-7-8-16-13/h3-9,11,17H,10H2,1-2H3. The van der Waals surface area contributed by atoms with Gasteiger partial charge in [0.15, 0.2) is 0 Å². The number of benzene rings is 1. The van der Waals surface area contributed by atoms with Gasteiger partial charge in [0.25, 0.3) is 0 Å². The number of thioether (sulfide) groups is 1. The monoisotopic (exact) mass is 259 g/mol. The molecule has 18 heavy (non-hydrogen) atoms. The van der Waals surface area contributed by atoms with Gasteiger partial charge in [0.05, 0.1) is 5.69 Å². The van der Waals surface area contributed by atoms with Crippen molar-refractivity contribution >= 4 is 11.8 Å². The van der Waals surface area contributed by atoms with Crippen molar-refractivity contribution < 1.29 is 0 Å². The molecule has 0 radical (unpaired) electrons. The van der Waals surface area contributed by atoms with Crippen LogP contribution in [0.3, 0.4) is 0 Å². The molecule has 0 aliphatic rings. The number of rotatable bonds is 5. The number of hydrogen-bond acceptors (Lipinski definition) is 4. The van der Waals surface area contributed by atoms with Gasteiger partial charge < -0.3 is 5.32 Å². The van der Waals surface area contributed by atoms with Crippen LogP contribution in [-0.4, -0.2) is 16.2 Å². The fourth-order valence-corrected chi connectivity index (χ4v) is 2.10. The summed E-state index contributed by atoms with van der Waals surface area (Å²) in [6.45, 7) is 2.89. The molecule has 4 heteroatoms. The molecular weight excluding hydrogens is 242 g/mol. The zero-order valence-electron chi connectivity index (χ0n) is 10.6. The second-order valence-electron chi connectivity index (χ2n) is 4.07. The summed E-state index contributed by atoms with van der Waals surface area (Å²) in [5, 5.41) is 3.44. The van der Waals surface area contributed by atoms with E-state index in [-0.39, 0.29) is 0 Å². The largest absolute Gasteiger partial charge is 0.305 e. The van der Waals surface area contributed by atoms with Gasteiger partial charge in [-0.05, 0) is 30.9 Å². The first kappa shape index (κ1) is 13.1. The molecule has 0 saturated carbocycles. The molecule has 0 fully saturated rings. The molecule has 0 aliphatic carbocycles. The van der Waals surface area contributed by atoms with Crippen LogP contribution in [0.5, 0.6) is 0 Å². The first-order valence-electron chi connectivity index (χ1n) is 5.92. The lowest BCUT2D eigenvalue weighted by molar-refractivity contribution is 0.566. The van der Waals surface area contributed by atoms with E-state index in [0.29, 0.717) is 6.04 Å². The highest BCUT2D eigenvalue weighted by Gasteiger charge is 2.05. The average Bonchev–Trinajstić information content (AvgIpc) is 2.46. The predicted octanol–water partition coefficient (Wildman–Crippen LogP) is 3.05. The Morgan fingerprint density at radius 1 is 1.22 bits per heavy atom. The Hall–Kier alpha value is -1.39. The summed E-state index contributed by atoms with van der Waals surface area (Å²) in [4.78, 5) is 9.59. The van der Waals surface area contributed by atoms with Gasteiger partial charge in [-0.2, -0.15) is 0 Å². The molecule has 0 saturated heterocycles. The maximum absolute atomic E-state index is 4.24. The van der Waals surface area contributed by atoms with E-state index in [1.165, 1.54) is 10.5 Å². The second-order valence-corrected chi connectivity index (χ2v) is 4.95. The maximum Gasteiger partial charge on any atom is 0.0724 e. The Labute approximate surface area is 112 Å². The minimum atomic E-state index is 0.308. The summed E-state index contributed by atoms with van der Waals surface area (Å²) in [6.07, 6.45) is 7.28. The van der Waals surface area contributed by atoms with Crippen molar-refractivity contribution in [2.75, 3.05) is 6.26 Å². The minimum absolute atomic E-state index is 0.308. The molecule has 1 atom stereocenters. The Kier molecular flexibility index (Phi) is 4.73. The molecule has 94 valence electrons. The van der Waals surface area contributed by atoms with Crippen molar-refractivity contribution in [3.05, 3.63) is 54.1 Å². The third-order valence-corrected chi connectivity index (χ3v) is 3.57. The predicted molar refractivity (Wildman–Crippen MR) is 75.5 cm³/mol. The summed E-state index contributed by atoms with van der Waals surface area (Å²) < 4.78 is 0. The summed E-state index contributed by atoms with van der Waals surface area (Å²) in [7, 11) is 0. The van der Waals surface area contributed by atoms with E-state index >= 15 is 0 Å². The molecule has 0 bridgehead atoms. The van der Waals surface area contributed by atoms with E-state index in [9.17, 15) is 0 Å². The zero-order chi connectivity index (χ0) is 12.8. The van der Waals surface area contributed by atoms with Gasteiger partial charge in [0.2, 0.25) is 0 Å². The summed E-state index contributed by atoms with van der Waals surface area (Å²) in [5.41, 5.74) is 2.25. The van der Waals surface area contributed by atoms with Gasteiger partial charge in [-0.25, -0.2) is 0 Å². The van der Waals surface area contributed by atoms with Crippen LogP contribution >= 0.6 is 11.8 Å². The molecule has 2 rings (SSSR count). The van der Waals surface area contributed by atoms with Crippen LogP contribution in [-0.2, 0) is 6.54 Å². The van der Waals surface area contributed by atoms with Crippen LogP contribution < -0.4 is 5.32 Å². The van der Waals surface area contributed by atoms with Crippen LogP contribution in [0.25, 0.3) is 0 Å². The SMILES string of the molecule is CSc1ccc(C(C)NCc2cnccn2)cc1. The zero-order valence-corrected chi connectivity index (χ0v) is 11.4. The molecule has 1 heterocycles. The third-order valence-electron chi connectivity index (χ3n) is 2.82. The number of hydrogen-bond donors (Lipinski definition) is 1. The Morgan fingerprint density at radius 2 is 2.00 bits per heavy atom. The number of nitrogens with one attached hydrogen (secondary N) is 1. The highest BCUT2D eigenvalue weighted by atomic mass is 32.2. The number of aromatic nitrogens is 2. The molecular formula is C14H17N3S. The summed E-state index contributed by atoms with van der Waals surface area (Å²) >= 11 is 1.76. The molecule has 3 nitrogen and oxygen atoms in total. The van der Waals surface area contributed by atoms with Crippen molar-refractivity contribution in [1.82, 2.24) is 15.3 Å². The number of nitrogens with zero attached hydrogens (tertiary/aromatic N) is 2. The molecule has 1 aromatic heterocycles. The lowest BCUT2D eigenvalue weighted by Crippen LogP contribution is -2.18. The average molecular weight is 259 g/mol. The van der Waals surface area contributed by atoms with Crippen molar-refractivity contribution in [2.45, 2.75) is 24.4 Å². The van der Waals surface area contributed by atoms with E-state index in [0.717, 1.165) is 12.2 Å². The third kappa shape index (κ3) is 3.55. The van der Waals surface area contributed by atoms with E-state index in [1.54, 1.807) is 30.4 Å². The van der Waals surface area contributed by atoms with Crippen LogP contribution in [0.2, 0.25) is 0 Å². The Morgan fingerprint density at radius 3 is 2.61 bits per heavy atom. The van der Waals surface area contributed by atoms with Crippen LogP contribution in [0.15, 0.2) is 47.8 Å². The van der Waals surface area contributed by atoms with E-state index in [1.807, 2.05) is 0 Å². The van der Waals surface area contributed by atoms with Crippen molar-refractivity contribution in [3.63, 3.8) is 0 Å². The van der Waals surface area contributed by atoms with Gasteiger partial charge in [-0.3, -0.25) is 9.97 Å². The highest BCUT2D eigenvalue weighted by molar-refractivity contribution is 7.98. The molecule has 0 amide bonds. The molecule has 1 unspecified atom stereocenters. The quantitative estimate of drug-likeness (QED) is 0.838. The van der Waals surface area contributed by atoms with Gasteiger partial charge in [0.1, 0.15) is 0 Å². The second kappa shape index (κ2) is 6.52. The normalized spacial score (nSPS) is 12.3. The van der Waals surface area contributed by atoms with Gasteiger partial charge >= 0.3 is 0 Å². The molecule has 1 aromatic carbocycles. The molecule has 1 N–H and O–H groups in total. The molecule has 2 aromatic rings. The summed E-state index contributed by atoms with van der Waals surface area (Å²) in [6, 6.07) is 8.95. The lowest BCUT2D eigenvalue weighted by Gasteiger charge is -2.14. The Bertz CT molecular complexity index is 470. The highest BCUT2D eigenvalue weighted by Crippen LogP contribution is 2.18. The lowest BCUT2D eigenvalue weighted by atomic mass is 10.1. The van der Waals surface area contributed by atoms with Crippen molar-refractivity contribution in [3.8, 4) is 0 Å².